The van der Waals surface area contributed by atoms with Crippen LogP contribution in [0.5, 0.6) is 0 Å². The quantitative estimate of drug-likeness (QED) is 0.865. The van der Waals surface area contributed by atoms with E-state index >= 15 is 0 Å². The fourth-order valence-corrected chi connectivity index (χ4v) is 3.51. The van der Waals surface area contributed by atoms with Crippen LogP contribution < -0.4 is 5.32 Å². The van der Waals surface area contributed by atoms with Gasteiger partial charge in [-0.25, -0.2) is 0 Å². The summed E-state index contributed by atoms with van der Waals surface area (Å²) in [5.41, 5.74) is 3.04. The molecule has 0 spiro atoms. The van der Waals surface area contributed by atoms with Gasteiger partial charge in [0.25, 0.3) is 5.91 Å². The Kier molecular flexibility index (Phi) is 3.66. The van der Waals surface area contributed by atoms with Crippen molar-refractivity contribution >= 4 is 17.3 Å². The Morgan fingerprint density at radius 3 is 2.38 bits per heavy atom. The summed E-state index contributed by atoms with van der Waals surface area (Å²) >= 11 is 0. The summed E-state index contributed by atoms with van der Waals surface area (Å²) in [6, 6.07) is 7.67. The van der Waals surface area contributed by atoms with E-state index in [0.717, 1.165) is 24.0 Å². The van der Waals surface area contributed by atoms with Crippen LogP contribution in [0.25, 0.3) is 5.57 Å². The summed E-state index contributed by atoms with van der Waals surface area (Å²) in [6.07, 6.45) is 4.53. The lowest BCUT2D eigenvalue weighted by molar-refractivity contribution is -0.117. The van der Waals surface area contributed by atoms with E-state index in [4.69, 9.17) is 0 Å². The lowest BCUT2D eigenvalue weighted by Crippen LogP contribution is -2.33. The van der Waals surface area contributed by atoms with Gasteiger partial charge in [0, 0.05) is 11.6 Å². The molecule has 1 aromatic carbocycles. The van der Waals surface area contributed by atoms with Gasteiger partial charge < -0.3 is 5.32 Å². The lowest BCUT2D eigenvalue weighted by atomic mass is 9.90. The average Bonchev–Trinajstić information content (AvgIpc) is 3.04. The van der Waals surface area contributed by atoms with Crippen molar-refractivity contribution in [3.8, 4) is 0 Å². The molecule has 2 aliphatic rings. The molecule has 1 saturated carbocycles. The molecule has 0 aromatic heterocycles. The summed E-state index contributed by atoms with van der Waals surface area (Å²) in [4.78, 5) is 25.2. The van der Waals surface area contributed by atoms with Crippen molar-refractivity contribution in [3.63, 3.8) is 0 Å². The summed E-state index contributed by atoms with van der Waals surface area (Å²) < 4.78 is 0. The maximum Gasteiger partial charge on any atom is 0.255 e. The van der Waals surface area contributed by atoms with Gasteiger partial charge in [-0.15, -0.1) is 0 Å². The fourth-order valence-electron chi connectivity index (χ4n) is 3.51. The van der Waals surface area contributed by atoms with Gasteiger partial charge in [0.15, 0.2) is 5.78 Å². The topological polar surface area (TPSA) is 46.2 Å². The van der Waals surface area contributed by atoms with Crippen LogP contribution in [-0.2, 0) is 4.79 Å². The lowest BCUT2D eigenvalue weighted by Gasteiger charge is -2.15. The molecule has 0 heterocycles. The number of fused-ring (bicyclic) bond motifs is 1. The van der Waals surface area contributed by atoms with Crippen LogP contribution in [-0.4, -0.2) is 17.7 Å². The SMILES string of the molecule is CC(C)NC(=O)C1=C(C2CCCC2)c2ccccc2C1=O. The number of hydrogen-bond donors (Lipinski definition) is 1. The third-order valence-electron chi connectivity index (χ3n) is 4.37. The minimum atomic E-state index is -0.215. The Balaban J connectivity index is 2.09. The molecule has 1 N–H and O–H groups in total. The monoisotopic (exact) mass is 283 g/mol. The molecule has 1 amide bonds. The number of carbonyl (C=O) groups is 2. The van der Waals surface area contributed by atoms with Crippen molar-refractivity contribution in [1.29, 1.82) is 0 Å². The van der Waals surface area contributed by atoms with Crippen molar-refractivity contribution in [2.24, 2.45) is 5.92 Å². The molecular formula is C18H21NO2. The minimum Gasteiger partial charge on any atom is -0.350 e. The van der Waals surface area contributed by atoms with E-state index in [0.29, 0.717) is 17.1 Å². The molecule has 0 unspecified atom stereocenters. The highest BCUT2D eigenvalue weighted by molar-refractivity contribution is 6.34. The predicted molar refractivity (Wildman–Crippen MR) is 82.9 cm³/mol. The first-order valence-electron chi connectivity index (χ1n) is 7.78. The molecule has 0 radical (unpaired) electrons. The third kappa shape index (κ3) is 2.41. The molecule has 110 valence electrons. The number of rotatable bonds is 3. The molecular weight excluding hydrogens is 262 g/mol. The molecule has 0 saturated heterocycles. The van der Waals surface area contributed by atoms with Gasteiger partial charge in [0.1, 0.15) is 0 Å². The number of amides is 1. The van der Waals surface area contributed by atoms with Gasteiger partial charge in [0.05, 0.1) is 5.57 Å². The van der Waals surface area contributed by atoms with Crippen LogP contribution in [0, 0.1) is 5.92 Å². The first-order chi connectivity index (χ1) is 10.1. The van der Waals surface area contributed by atoms with Crippen LogP contribution in [0.2, 0.25) is 0 Å². The Morgan fingerprint density at radius 2 is 1.76 bits per heavy atom. The average molecular weight is 283 g/mol. The van der Waals surface area contributed by atoms with E-state index in [2.05, 4.69) is 5.32 Å². The molecule has 3 heteroatoms. The zero-order valence-corrected chi connectivity index (χ0v) is 12.6. The molecule has 1 aromatic rings. The molecule has 0 atom stereocenters. The Labute approximate surface area is 125 Å². The van der Waals surface area contributed by atoms with Crippen LogP contribution in [0.4, 0.5) is 0 Å². The highest BCUT2D eigenvalue weighted by atomic mass is 16.2. The number of nitrogens with one attached hydrogen (secondary N) is 1. The molecule has 3 nitrogen and oxygen atoms in total. The summed E-state index contributed by atoms with van der Waals surface area (Å²) in [7, 11) is 0. The van der Waals surface area contributed by atoms with E-state index in [1.165, 1.54) is 12.8 Å². The minimum absolute atomic E-state index is 0.0336. The van der Waals surface area contributed by atoms with Gasteiger partial charge in [0.2, 0.25) is 0 Å². The smallest absolute Gasteiger partial charge is 0.255 e. The Bertz CT molecular complexity index is 622. The number of Topliss-reactive ketones (excluding diaryl/α,β-unsaturated/α-hetero) is 1. The molecule has 0 aliphatic heterocycles. The third-order valence-corrected chi connectivity index (χ3v) is 4.37. The zero-order chi connectivity index (χ0) is 15.0. The van der Waals surface area contributed by atoms with E-state index < -0.39 is 0 Å². The van der Waals surface area contributed by atoms with Crippen molar-refractivity contribution in [3.05, 3.63) is 41.0 Å². The second-order valence-electron chi connectivity index (χ2n) is 6.27. The predicted octanol–water partition coefficient (Wildman–Crippen LogP) is 3.35. The van der Waals surface area contributed by atoms with E-state index in [-0.39, 0.29) is 17.7 Å². The summed E-state index contributed by atoms with van der Waals surface area (Å²) in [5.74, 6) is 0.0317. The largest absolute Gasteiger partial charge is 0.350 e. The Hall–Kier alpha value is -1.90. The normalized spacial score (nSPS) is 18.5. The fraction of sp³-hybridized carbons (Fsp3) is 0.444. The van der Waals surface area contributed by atoms with Gasteiger partial charge in [-0.3, -0.25) is 9.59 Å². The van der Waals surface area contributed by atoms with E-state index in [9.17, 15) is 9.59 Å². The molecule has 3 rings (SSSR count). The molecule has 2 aliphatic carbocycles. The van der Waals surface area contributed by atoms with Crippen molar-refractivity contribution in [2.45, 2.75) is 45.6 Å². The first kappa shape index (κ1) is 14.1. The van der Waals surface area contributed by atoms with Crippen molar-refractivity contribution in [1.82, 2.24) is 5.32 Å². The number of ketones is 1. The second kappa shape index (κ2) is 5.47. The maximum atomic E-state index is 12.7. The molecule has 0 bridgehead atoms. The number of carbonyl (C=O) groups excluding carboxylic acids is 2. The van der Waals surface area contributed by atoms with E-state index in [1.54, 1.807) is 0 Å². The molecule has 1 fully saturated rings. The van der Waals surface area contributed by atoms with Crippen LogP contribution in [0.15, 0.2) is 29.8 Å². The number of benzene rings is 1. The van der Waals surface area contributed by atoms with Crippen LogP contribution in [0.1, 0.15) is 55.5 Å². The van der Waals surface area contributed by atoms with Gasteiger partial charge in [-0.1, -0.05) is 37.1 Å². The molecule has 21 heavy (non-hydrogen) atoms. The van der Waals surface area contributed by atoms with Crippen LogP contribution >= 0.6 is 0 Å². The number of hydrogen-bond acceptors (Lipinski definition) is 2. The maximum absolute atomic E-state index is 12.7. The Morgan fingerprint density at radius 1 is 1.14 bits per heavy atom. The number of allylic oxidation sites excluding steroid dienone is 1. The summed E-state index contributed by atoms with van der Waals surface area (Å²) in [6.45, 7) is 3.83. The van der Waals surface area contributed by atoms with Crippen LogP contribution in [0.3, 0.4) is 0 Å². The van der Waals surface area contributed by atoms with Gasteiger partial charge in [-0.05, 0) is 43.7 Å². The zero-order valence-electron chi connectivity index (χ0n) is 12.6. The first-order valence-corrected chi connectivity index (χ1v) is 7.78. The standard InChI is InChI=1S/C18H21NO2/c1-11(2)19-18(21)16-15(12-7-3-4-8-12)13-9-5-6-10-14(13)17(16)20/h5-6,9-12H,3-4,7-8H2,1-2H3,(H,19,21). The van der Waals surface area contributed by atoms with E-state index in [1.807, 2.05) is 38.1 Å². The highest BCUT2D eigenvalue weighted by Gasteiger charge is 2.37. The van der Waals surface area contributed by atoms with Crippen molar-refractivity contribution in [2.75, 3.05) is 0 Å². The highest BCUT2D eigenvalue weighted by Crippen LogP contribution is 2.44. The summed E-state index contributed by atoms with van der Waals surface area (Å²) in [5, 5.41) is 2.89. The van der Waals surface area contributed by atoms with Gasteiger partial charge >= 0.3 is 0 Å². The second-order valence-corrected chi connectivity index (χ2v) is 6.27. The van der Waals surface area contributed by atoms with Gasteiger partial charge in [-0.2, -0.15) is 0 Å². The van der Waals surface area contributed by atoms with Crippen molar-refractivity contribution < 1.29 is 9.59 Å².